The van der Waals surface area contributed by atoms with Gasteiger partial charge in [-0.2, -0.15) is 5.10 Å². The summed E-state index contributed by atoms with van der Waals surface area (Å²) in [5, 5.41) is 10.4. The number of hydrogen-bond donors (Lipinski definition) is 2. The molecule has 194 valence electrons. The van der Waals surface area contributed by atoms with Gasteiger partial charge in [-0.05, 0) is 42.8 Å². The highest BCUT2D eigenvalue weighted by Crippen LogP contribution is 2.29. The summed E-state index contributed by atoms with van der Waals surface area (Å²) in [6, 6.07) is 12.3. The van der Waals surface area contributed by atoms with Gasteiger partial charge in [-0.15, -0.1) is 0 Å². The molecular formula is C27H31N5O5. The van der Waals surface area contributed by atoms with Gasteiger partial charge < -0.3 is 24.8 Å². The smallest absolute Gasteiger partial charge is 0.258 e. The second-order valence-corrected chi connectivity index (χ2v) is 9.21. The van der Waals surface area contributed by atoms with Crippen molar-refractivity contribution in [3.05, 3.63) is 71.5 Å². The molecule has 10 nitrogen and oxygen atoms in total. The Kier molecular flexibility index (Phi) is 7.27. The molecule has 0 aliphatic carbocycles. The number of likely N-dealkylation sites (tertiary alicyclic amines) is 1. The number of rotatable bonds is 4. The van der Waals surface area contributed by atoms with Crippen molar-refractivity contribution in [2.24, 2.45) is 0 Å². The molecule has 2 amide bonds. The predicted octanol–water partition coefficient (Wildman–Crippen LogP) is 1.98. The van der Waals surface area contributed by atoms with Crippen molar-refractivity contribution >= 4 is 11.8 Å². The number of fused-ring (bicyclic) bond motifs is 7. The molecule has 0 unspecified atom stereocenters. The van der Waals surface area contributed by atoms with Gasteiger partial charge in [-0.25, -0.2) is 0 Å². The first-order valence-electron chi connectivity index (χ1n) is 12.4. The van der Waals surface area contributed by atoms with E-state index in [4.69, 9.17) is 14.2 Å². The number of nitrogens with zero attached hydrogens (tertiary/aromatic N) is 3. The molecule has 4 bridgehead atoms. The van der Waals surface area contributed by atoms with Gasteiger partial charge in [-0.3, -0.25) is 19.2 Å². The van der Waals surface area contributed by atoms with Crippen molar-refractivity contribution in [1.82, 2.24) is 25.3 Å². The molecule has 1 fully saturated rings. The van der Waals surface area contributed by atoms with Crippen LogP contribution in [0.3, 0.4) is 0 Å². The minimum absolute atomic E-state index is 0.198. The average molecular weight is 506 g/mol. The summed E-state index contributed by atoms with van der Waals surface area (Å²) < 4.78 is 19.3. The van der Waals surface area contributed by atoms with Crippen LogP contribution in [0.1, 0.15) is 28.4 Å². The van der Waals surface area contributed by atoms with Crippen LogP contribution in [0.25, 0.3) is 0 Å². The first kappa shape index (κ1) is 24.6. The number of ether oxygens (including phenoxy) is 3. The van der Waals surface area contributed by atoms with E-state index in [1.807, 2.05) is 41.3 Å². The number of aromatic nitrogens is 2. The van der Waals surface area contributed by atoms with Crippen molar-refractivity contribution in [1.29, 1.82) is 0 Å². The van der Waals surface area contributed by atoms with Crippen LogP contribution in [0.5, 0.6) is 17.2 Å². The Morgan fingerprint density at radius 3 is 2.73 bits per heavy atom. The second-order valence-electron chi connectivity index (χ2n) is 9.21. The third-order valence-electron chi connectivity index (χ3n) is 6.56. The number of amides is 2. The van der Waals surface area contributed by atoms with Crippen molar-refractivity contribution in [3.63, 3.8) is 0 Å². The zero-order chi connectivity index (χ0) is 25.8. The van der Waals surface area contributed by atoms with E-state index in [0.29, 0.717) is 49.0 Å². The highest BCUT2D eigenvalue weighted by molar-refractivity contribution is 5.95. The van der Waals surface area contributed by atoms with Crippen LogP contribution in [0, 0.1) is 0 Å². The molecule has 0 saturated carbocycles. The van der Waals surface area contributed by atoms with Crippen molar-refractivity contribution in [2.45, 2.75) is 38.7 Å². The third-order valence-corrected chi connectivity index (χ3v) is 6.56. The Labute approximate surface area is 215 Å². The number of methoxy groups -OCH3 is 1. The van der Waals surface area contributed by atoms with Gasteiger partial charge in [0.2, 0.25) is 0 Å². The van der Waals surface area contributed by atoms with E-state index in [2.05, 4.69) is 27.6 Å². The lowest BCUT2D eigenvalue weighted by molar-refractivity contribution is -0.123. The summed E-state index contributed by atoms with van der Waals surface area (Å²) in [7, 11) is 1.51. The molecule has 3 aromatic rings. The maximum Gasteiger partial charge on any atom is 0.258 e. The molecule has 2 atom stereocenters. The number of benzene rings is 2. The molecule has 6 rings (SSSR count). The highest BCUT2D eigenvalue weighted by atomic mass is 16.5. The number of carbonyl (C=O) groups is 2. The van der Waals surface area contributed by atoms with Gasteiger partial charge >= 0.3 is 0 Å². The molecule has 0 spiro atoms. The average Bonchev–Trinajstić information content (AvgIpc) is 3.52. The summed E-state index contributed by atoms with van der Waals surface area (Å²) in [6.07, 6.45) is 3.67. The minimum atomic E-state index is -0.277. The molecular weight excluding hydrogens is 474 g/mol. The fraction of sp³-hybridized carbons (Fsp3) is 0.370. The van der Waals surface area contributed by atoms with E-state index < -0.39 is 0 Å². The lowest BCUT2D eigenvalue weighted by Gasteiger charge is -2.21. The number of hydrogen-bond acceptors (Lipinski definition) is 7. The molecule has 0 radical (unpaired) electrons. The van der Waals surface area contributed by atoms with E-state index >= 15 is 0 Å². The van der Waals surface area contributed by atoms with Gasteiger partial charge in [0.15, 0.2) is 18.1 Å². The highest BCUT2D eigenvalue weighted by Gasteiger charge is 2.36. The molecule has 3 aliphatic rings. The van der Waals surface area contributed by atoms with Crippen LogP contribution in [0.15, 0.2) is 54.9 Å². The fourth-order valence-corrected chi connectivity index (χ4v) is 4.60. The first-order chi connectivity index (χ1) is 18.0. The van der Waals surface area contributed by atoms with Gasteiger partial charge in [-0.1, -0.05) is 12.1 Å². The maximum absolute atomic E-state index is 13.3. The van der Waals surface area contributed by atoms with E-state index in [0.717, 1.165) is 17.7 Å². The zero-order valence-electron chi connectivity index (χ0n) is 21.0. The van der Waals surface area contributed by atoms with Crippen LogP contribution in [0.4, 0.5) is 0 Å². The van der Waals surface area contributed by atoms with E-state index in [9.17, 15) is 9.59 Å². The third kappa shape index (κ3) is 5.86. The molecule has 1 saturated heterocycles. The second kappa shape index (κ2) is 10.9. The molecule has 2 aromatic carbocycles. The summed E-state index contributed by atoms with van der Waals surface area (Å²) in [4.78, 5) is 27.9. The monoisotopic (exact) mass is 505 g/mol. The van der Waals surface area contributed by atoms with E-state index in [1.54, 1.807) is 18.2 Å². The van der Waals surface area contributed by atoms with E-state index in [1.165, 1.54) is 7.11 Å². The molecule has 10 heteroatoms. The van der Waals surface area contributed by atoms with Crippen LogP contribution < -0.4 is 24.8 Å². The Morgan fingerprint density at radius 1 is 1.14 bits per heavy atom. The maximum atomic E-state index is 13.3. The molecule has 2 N–H and O–H groups in total. The molecule has 4 heterocycles. The Morgan fingerprint density at radius 2 is 1.97 bits per heavy atom. The number of nitrogens with one attached hydrogen (secondary N) is 2. The fourth-order valence-electron chi connectivity index (χ4n) is 4.60. The van der Waals surface area contributed by atoms with E-state index in [-0.39, 0.29) is 30.6 Å². The predicted molar refractivity (Wildman–Crippen MR) is 136 cm³/mol. The zero-order valence-corrected chi connectivity index (χ0v) is 21.0. The van der Waals surface area contributed by atoms with Crippen LogP contribution >= 0.6 is 0 Å². The molecule has 37 heavy (non-hydrogen) atoms. The Balaban J connectivity index is 1.41. The van der Waals surface area contributed by atoms with Crippen molar-refractivity contribution in [3.8, 4) is 17.2 Å². The topological polar surface area (TPSA) is 107 Å². The van der Waals surface area contributed by atoms with Crippen molar-refractivity contribution in [2.75, 3.05) is 26.8 Å². The van der Waals surface area contributed by atoms with Gasteiger partial charge in [0.05, 0.1) is 19.3 Å². The quantitative estimate of drug-likeness (QED) is 0.559. The summed E-state index contributed by atoms with van der Waals surface area (Å²) in [5.74, 6) is 0.946. The largest absolute Gasteiger partial charge is 0.493 e. The summed E-state index contributed by atoms with van der Waals surface area (Å²) in [6.45, 7) is 5.03. The SMILES string of the molecule is CCn1cc(CN2C[C@@H]3NC(=O)c4ccc(OC)c(c4)OCC(=O)NCc4ccc(cc4)O[C@H]3C2)cn1. The molecule has 3 aliphatic heterocycles. The Bertz CT molecular complexity index is 1260. The lowest BCUT2D eigenvalue weighted by atomic mass is 10.1. The van der Waals surface area contributed by atoms with Gasteiger partial charge in [0.1, 0.15) is 11.9 Å². The summed E-state index contributed by atoms with van der Waals surface area (Å²) >= 11 is 0. The van der Waals surface area contributed by atoms with Crippen LogP contribution in [-0.2, 0) is 24.4 Å². The molecule has 1 aromatic heterocycles. The van der Waals surface area contributed by atoms with Crippen LogP contribution in [0.2, 0.25) is 0 Å². The van der Waals surface area contributed by atoms with Crippen LogP contribution in [-0.4, -0.2) is 65.4 Å². The number of aryl methyl sites for hydroxylation is 1. The van der Waals surface area contributed by atoms with Gasteiger partial charge in [0, 0.05) is 50.0 Å². The summed E-state index contributed by atoms with van der Waals surface area (Å²) in [5.41, 5.74) is 2.46. The number of carbonyl (C=O) groups excluding carboxylic acids is 2. The first-order valence-corrected chi connectivity index (χ1v) is 12.4. The van der Waals surface area contributed by atoms with Crippen molar-refractivity contribution < 1.29 is 23.8 Å². The standard InChI is InChI=1S/C27H31N5O5/c1-3-32-14-19(12-29-32)13-31-15-22-25(16-31)37-21-7-4-18(5-8-21)11-28-26(33)17-36-24-10-20(27(34)30-22)6-9-23(24)35-2/h4-10,12,14,22,25H,3,11,13,15-17H2,1-2H3,(H,28,33)(H,30,34)/t22-,25-/m0/s1. The Hall–Kier alpha value is -4.05. The minimum Gasteiger partial charge on any atom is -0.493 e. The normalized spacial score (nSPS) is 20.3. The lowest BCUT2D eigenvalue weighted by Crippen LogP contribution is -2.45. The van der Waals surface area contributed by atoms with Gasteiger partial charge in [0.25, 0.3) is 11.8 Å².